The summed E-state index contributed by atoms with van der Waals surface area (Å²) in [7, 11) is 2.14. The number of amides is 1. The number of piperazine rings is 1. The molecule has 2 aliphatic heterocycles. The van der Waals surface area contributed by atoms with Crippen molar-refractivity contribution in [2.24, 2.45) is 0 Å². The molecule has 0 aromatic carbocycles. The van der Waals surface area contributed by atoms with E-state index in [1.54, 1.807) is 12.4 Å². The van der Waals surface area contributed by atoms with Crippen LogP contribution in [0.1, 0.15) is 15.9 Å². The van der Waals surface area contributed by atoms with Crippen LogP contribution in [0.5, 0.6) is 0 Å². The van der Waals surface area contributed by atoms with Crippen LogP contribution < -0.4 is 15.5 Å². The molecule has 1 saturated heterocycles. The minimum atomic E-state index is -0.0809. The molecule has 0 spiro atoms. The van der Waals surface area contributed by atoms with Gasteiger partial charge in [-0.15, -0.1) is 0 Å². The second-order valence-electron chi connectivity index (χ2n) is 6.20. The zero-order valence-electron chi connectivity index (χ0n) is 13.6. The zero-order valence-corrected chi connectivity index (χ0v) is 13.6. The predicted molar refractivity (Wildman–Crippen MR) is 92.6 cm³/mol. The molecular formula is C17H20N6O. The van der Waals surface area contributed by atoms with E-state index < -0.39 is 0 Å². The molecule has 0 saturated carbocycles. The van der Waals surface area contributed by atoms with E-state index in [-0.39, 0.29) is 5.91 Å². The number of hydrogen-bond acceptors (Lipinski definition) is 6. The van der Waals surface area contributed by atoms with E-state index in [4.69, 9.17) is 0 Å². The smallest absolute Gasteiger partial charge is 0.255 e. The quantitative estimate of drug-likeness (QED) is 0.884. The van der Waals surface area contributed by atoms with Crippen LogP contribution in [0.25, 0.3) is 0 Å². The van der Waals surface area contributed by atoms with E-state index in [0.29, 0.717) is 17.9 Å². The Morgan fingerprint density at radius 1 is 1.12 bits per heavy atom. The topological polar surface area (TPSA) is 73.4 Å². The van der Waals surface area contributed by atoms with Crippen molar-refractivity contribution in [2.75, 3.05) is 43.4 Å². The molecule has 0 aliphatic carbocycles. The maximum atomic E-state index is 11.9. The highest BCUT2D eigenvalue weighted by atomic mass is 16.1. The van der Waals surface area contributed by atoms with Crippen molar-refractivity contribution in [1.82, 2.24) is 20.2 Å². The van der Waals surface area contributed by atoms with Gasteiger partial charge in [-0.3, -0.25) is 4.79 Å². The van der Waals surface area contributed by atoms with Gasteiger partial charge in [0, 0.05) is 38.9 Å². The number of nitrogens with one attached hydrogen (secondary N) is 2. The third-order valence-electron chi connectivity index (χ3n) is 4.54. The van der Waals surface area contributed by atoms with E-state index in [0.717, 1.165) is 43.2 Å². The SMILES string of the molecule is CN1CCN(c2ccc(Nc3nccc4c3C(=O)NC4)cn2)CC1. The second kappa shape index (κ2) is 6.09. The van der Waals surface area contributed by atoms with Gasteiger partial charge in [-0.05, 0) is 30.8 Å². The Hall–Kier alpha value is -2.67. The van der Waals surface area contributed by atoms with Crippen LogP contribution in [0.2, 0.25) is 0 Å². The number of anilines is 3. The van der Waals surface area contributed by atoms with Crippen molar-refractivity contribution >= 4 is 23.2 Å². The van der Waals surface area contributed by atoms with Gasteiger partial charge < -0.3 is 20.4 Å². The fraction of sp³-hybridized carbons (Fsp3) is 0.353. The van der Waals surface area contributed by atoms with Crippen molar-refractivity contribution in [3.8, 4) is 0 Å². The molecule has 7 heteroatoms. The Bertz CT molecular complexity index is 752. The summed E-state index contributed by atoms with van der Waals surface area (Å²) >= 11 is 0. The van der Waals surface area contributed by atoms with Gasteiger partial charge in [0.05, 0.1) is 17.4 Å². The molecule has 2 aromatic heterocycles. The van der Waals surface area contributed by atoms with E-state index in [2.05, 4.69) is 37.4 Å². The fourth-order valence-corrected chi connectivity index (χ4v) is 3.08. The first-order chi connectivity index (χ1) is 11.7. The van der Waals surface area contributed by atoms with Gasteiger partial charge in [0.15, 0.2) is 0 Å². The normalized spacial score (nSPS) is 17.5. The number of pyridine rings is 2. The molecule has 2 aliphatic rings. The summed E-state index contributed by atoms with van der Waals surface area (Å²) in [5.41, 5.74) is 2.42. The van der Waals surface area contributed by atoms with Gasteiger partial charge in [0.25, 0.3) is 5.91 Å². The van der Waals surface area contributed by atoms with Crippen LogP contribution in [0.3, 0.4) is 0 Å². The van der Waals surface area contributed by atoms with Gasteiger partial charge >= 0.3 is 0 Å². The highest BCUT2D eigenvalue weighted by Gasteiger charge is 2.23. The number of fused-ring (bicyclic) bond motifs is 1. The Kier molecular flexibility index (Phi) is 3.78. The van der Waals surface area contributed by atoms with Crippen molar-refractivity contribution in [3.63, 3.8) is 0 Å². The molecule has 0 atom stereocenters. The third kappa shape index (κ3) is 2.78. The predicted octanol–water partition coefficient (Wildman–Crippen LogP) is 1.22. The maximum Gasteiger partial charge on any atom is 0.255 e. The minimum Gasteiger partial charge on any atom is -0.354 e. The molecule has 1 amide bonds. The van der Waals surface area contributed by atoms with Gasteiger partial charge in [-0.25, -0.2) is 9.97 Å². The monoisotopic (exact) mass is 324 g/mol. The summed E-state index contributed by atoms with van der Waals surface area (Å²) in [4.78, 5) is 25.4. The summed E-state index contributed by atoms with van der Waals surface area (Å²) in [6.45, 7) is 4.65. The first-order valence-electron chi connectivity index (χ1n) is 8.13. The van der Waals surface area contributed by atoms with Gasteiger partial charge in [0.1, 0.15) is 11.6 Å². The van der Waals surface area contributed by atoms with E-state index in [1.165, 1.54) is 0 Å². The molecule has 4 rings (SSSR count). The number of carbonyl (C=O) groups is 1. The zero-order chi connectivity index (χ0) is 16.5. The molecule has 124 valence electrons. The lowest BCUT2D eigenvalue weighted by Gasteiger charge is -2.33. The number of carbonyl (C=O) groups excluding carboxylic acids is 1. The Balaban J connectivity index is 1.51. The molecule has 0 radical (unpaired) electrons. The number of nitrogens with zero attached hydrogens (tertiary/aromatic N) is 4. The molecule has 24 heavy (non-hydrogen) atoms. The van der Waals surface area contributed by atoms with Gasteiger partial charge in [-0.2, -0.15) is 0 Å². The minimum absolute atomic E-state index is 0.0809. The molecule has 7 nitrogen and oxygen atoms in total. The van der Waals surface area contributed by atoms with Crippen LogP contribution in [0, 0.1) is 0 Å². The maximum absolute atomic E-state index is 11.9. The Labute approximate surface area is 140 Å². The van der Waals surface area contributed by atoms with E-state index in [1.807, 2.05) is 18.2 Å². The molecular weight excluding hydrogens is 304 g/mol. The third-order valence-corrected chi connectivity index (χ3v) is 4.54. The Morgan fingerprint density at radius 3 is 2.71 bits per heavy atom. The summed E-state index contributed by atoms with van der Waals surface area (Å²) in [5, 5.41) is 6.03. The lowest BCUT2D eigenvalue weighted by molar-refractivity contribution is 0.0966. The van der Waals surface area contributed by atoms with Crippen molar-refractivity contribution in [2.45, 2.75) is 6.54 Å². The molecule has 0 bridgehead atoms. The number of hydrogen-bond donors (Lipinski definition) is 2. The highest BCUT2D eigenvalue weighted by Crippen LogP contribution is 2.25. The number of rotatable bonds is 3. The number of likely N-dealkylation sites (N-methyl/N-ethyl adjacent to an activating group) is 1. The summed E-state index contributed by atoms with van der Waals surface area (Å²) < 4.78 is 0. The molecule has 2 N–H and O–H groups in total. The average molecular weight is 324 g/mol. The van der Waals surface area contributed by atoms with Crippen LogP contribution in [0.4, 0.5) is 17.3 Å². The van der Waals surface area contributed by atoms with Gasteiger partial charge in [-0.1, -0.05) is 0 Å². The van der Waals surface area contributed by atoms with E-state index in [9.17, 15) is 4.79 Å². The lowest BCUT2D eigenvalue weighted by atomic mass is 10.1. The fourth-order valence-electron chi connectivity index (χ4n) is 3.08. The first kappa shape index (κ1) is 14.9. The van der Waals surface area contributed by atoms with Gasteiger partial charge in [0.2, 0.25) is 0 Å². The molecule has 2 aromatic rings. The van der Waals surface area contributed by atoms with Crippen LogP contribution in [-0.2, 0) is 6.54 Å². The summed E-state index contributed by atoms with van der Waals surface area (Å²) in [6.07, 6.45) is 3.51. The largest absolute Gasteiger partial charge is 0.354 e. The second-order valence-corrected chi connectivity index (χ2v) is 6.20. The van der Waals surface area contributed by atoms with Crippen LogP contribution in [0.15, 0.2) is 30.6 Å². The van der Waals surface area contributed by atoms with Crippen LogP contribution in [-0.4, -0.2) is 54.0 Å². The molecule has 4 heterocycles. The molecule has 1 fully saturated rings. The summed E-state index contributed by atoms with van der Waals surface area (Å²) in [5.74, 6) is 1.48. The Morgan fingerprint density at radius 2 is 1.96 bits per heavy atom. The standard InChI is InChI=1S/C17H20N6O/c1-22-6-8-23(9-7-22)14-3-2-13(11-19-14)21-16-15-12(4-5-18-16)10-20-17(15)24/h2-5,11H,6-10H2,1H3,(H,18,21)(H,20,24). The molecule has 0 unspecified atom stereocenters. The van der Waals surface area contributed by atoms with Crippen molar-refractivity contribution in [1.29, 1.82) is 0 Å². The lowest BCUT2D eigenvalue weighted by Crippen LogP contribution is -2.44. The summed E-state index contributed by atoms with van der Waals surface area (Å²) in [6, 6.07) is 5.86. The first-order valence-corrected chi connectivity index (χ1v) is 8.13. The van der Waals surface area contributed by atoms with E-state index >= 15 is 0 Å². The van der Waals surface area contributed by atoms with Crippen molar-refractivity contribution in [3.05, 3.63) is 41.7 Å². The number of aromatic nitrogens is 2. The van der Waals surface area contributed by atoms with Crippen molar-refractivity contribution < 1.29 is 4.79 Å². The average Bonchev–Trinajstić information content (AvgIpc) is 2.99. The van der Waals surface area contributed by atoms with Crippen LogP contribution >= 0.6 is 0 Å². The highest BCUT2D eigenvalue weighted by molar-refractivity contribution is 6.03.